The van der Waals surface area contributed by atoms with Crippen LogP contribution in [0.25, 0.3) is 0 Å². The standard InChI is InChI=1S/C9H18N2OS3/c1-10(15-2)8(9(12)13)7-4-3-5-11(14)6-7/h7-8,14H,3-6H2,1-2H3,(H,12,13). The van der Waals surface area contributed by atoms with Gasteiger partial charge in [-0.15, -0.1) is 12.6 Å². The van der Waals surface area contributed by atoms with E-state index in [9.17, 15) is 4.79 Å². The molecule has 0 aromatic rings. The number of thiol groups is 2. The summed E-state index contributed by atoms with van der Waals surface area (Å²) in [6.07, 6.45) is 4.16. The van der Waals surface area contributed by atoms with Gasteiger partial charge in [-0.25, -0.2) is 4.31 Å². The molecule has 6 heteroatoms. The molecular weight excluding hydrogens is 248 g/mol. The number of piperidine rings is 1. The molecule has 0 bridgehead atoms. The van der Waals surface area contributed by atoms with Crippen LogP contribution >= 0.6 is 37.4 Å². The molecule has 0 aliphatic carbocycles. The van der Waals surface area contributed by atoms with Crippen molar-refractivity contribution in [2.24, 2.45) is 5.92 Å². The Balaban J connectivity index is 2.66. The van der Waals surface area contributed by atoms with E-state index < -0.39 is 0 Å². The second kappa shape index (κ2) is 6.39. The molecule has 88 valence electrons. The zero-order valence-corrected chi connectivity index (χ0v) is 11.7. The average molecular weight is 266 g/mol. The van der Waals surface area contributed by atoms with Crippen LogP contribution in [0.2, 0.25) is 0 Å². The fourth-order valence-electron chi connectivity index (χ4n) is 2.01. The summed E-state index contributed by atoms with van der Waals surface area (Å²) >= 11 is 9.92. The minimum absolute atomic E-state index is 0.0412. The number of nitrogens with zero attached hydrogens (tertiary/aromatic N) is 2. The molecule has 2 unspecified atom stereocenters. The second-order valence-corrected chi connectivity index (χ2v) is 5.77. The molecule has 2 atom stereocenters. The normalized spacial score (nSPS) is 25.5. The number of carbonyl (C=O) groups is 1. The molecule has 15 heavy (non-hydrogen) atoms. The predicted octanol–water partition coefficient (Wildman–Crippen LogP) is 1.58. The predicted molar refractivity (Wildman–Crippen MR) is 72.3 cm³/mol. The summed E-state index contributed by atoms with van der Waals surface area (Å²) in [7, 11) is 1.95. The summed E-state index contributed by atoms with van der Waals surface area (Å²) in [5, 5.41) is -0.0412. The fourth-order valence-corrected chi connectivity index (χ4v) is 3.32. The Hall–Kier alpha value is 0.640. The first-order valence-electron chi connectivity index (χ1n) is 4.99. The van der Waals surface area contributed by atoms with E-state index in [-0.39, 0.29) is 11.2 Å². The van der Waals surface area contributed by atoms with Crippen molar-refractivity contribution in [3.05, 3.63) is 0 Å². The Labute approximate surface area is 107 Å². The average Bonchev–Trinajstić information content (AvgIpc) is 2.17. The van der Waals surface area contributed by atoms with E-state index in [0.717, 1.165) is 25.9 Å². The summed E-state index contributed by atoms with van der Waals surface area (Å²) < 4.78 is 3.99. The third-order valence-electron chi connectivity index (χ3n) is 2.82. The highest BCUT2D eigenvalue weighted by Gasteiger charge is 2.32. The molecule has 0 spiro atoms. The fraction of sp³-hybridized carbons (Fsp3) is 0.889. The van der Waals surface area contributed by atoms with Gasteiger partial charge in [-0.2, -0.15) is 0 Å². The van der Waals surface area contributed by atoms with Crippen LogP contribution in [0.1, 0.15) is 12.8 Å². The van der Waals surface area contributed by atoms with Gasteiger partial charge in [0.25, 0.3) is 0 Å². The minimum Gasteiger partial charge on any atom is -0.286 e. The van der Waals surface area contributed by atoms with Gasteiger partial charge in [0.05, 0.1) is 6.04 Å². The highest BCUT2D eigenvalue weighted by molar-refractivity contribution is 7.97. The number of hydrogen-bond donors (Lipinski definition) is 2. The van der Waals surface area contributed by atoms with Gasteiger partial charge in [-0.05, 0) is 32.1 Å². The molecule has 0 N–H and O–H groups in total. The highest BCUT2D eigenvalue weighted by Crippen LogP contribution is 2.27. The Morgan fingerprint density at radius 1 is 1.67 bits per heavy atom. The van der Waals surface area contributed by atoms with E-state index in [1.165, 1.54) is 0 Å². The zero-order valence-electron chi connectivity index (χ0n) is 9.09. The number of rotatable bonds is 4. The van der Waals surface area contributed by atoms with Crippen LogP contribution in [0.3, 0.4) is 0 Å². The van der Waals surface area contributed by atoms with Crippen LogP contribution in [-0.2, 0) is 4.79 Å². The summed E-state index contributed by atoms with van der Waals surface area (Å²) in [5.41, 5.74) is 0. The summed E-state index contributed by atoms with van der Waals surface area (Å²) in [5.74, 6) is 0.346. The van der Waals surface area contributed by atoms with Gasteiger partial charge >= 0.3 is 0 Å². The molecule has 0 aromatic heterocycles. The Morgan fingerprint density at radius 2 is 2.33 bits per heavy atom. The summed E-state index contributed by atoms with van der Waals surface area (Å²) in [4.78, 5) is 11.5. The zero-order chi connectivity index (χ0) is 11.4. The van der Waals surface area contributed by atoms with Gasteiger partial charge in [-0.3, -0.25) is 9.10 Å². The van der Waals surface area contributed by atoms with E-state index in [0.29, 0.717) is 5.92 Å². The highest BCUT2D eigenvalue weighted by atomic mass is 32.2. The maximum Gasteiger partial charge on any atom is 0.204 e. The molecule has 0 saturated carbocycles. The lowest BCUT2D eigenvalue weighted by molar-refractivity contribution is -0.115. The van der Waals surface area contributed by atoms with Crippen molar-refractivity contribution in [3.63, 3.8) is 0 Å². The van der Waals surface area contributed by atoms with E-state index >= 15 is 0 Å². The van der Waals surface area contributed by atoms with Crippen molar-refractivity contribution in [1.29, 1.82) is 0 Å². The molecule has 1 saturated heterocycles. The first-order valence-corrected chi connectivity index (χ1v) is 7.02. The van der Waals surface area contributed by atoms with Crippen LogP contribution in [0, 0.1) is 5.92 Å². The molecular formula is C9H18N2OS3. The van der Waals surface area contributed by atoms with Gasteiger partial charge in [0.15, 0.2) is 0 Å². The van der Waals surface area contributed by atoms with Crippen LogP contribution < -0.4 is 0 Å². The minimum atomic E-state index is -0.0988. The monoisotopic (exact) mass is 266 g/mol. The smallest absolute Gasteiger partial charge is 0.204 e. The maximum atomic E-state index is 11.5. The quantitative estimate of drug-likeness (QED) is 0.596. The van der Waals surface area contributed by atoms with Gasteiger partial charge in [0, 0.05) is 13.1 Å². The number of hydrogen-bond acceptors (Lipinski definition) is 5. The van der Waals surface area contributed by atoms with E-state index in [1.807, 2.05) is 21.9 Å². The van der Waals surface area contributed by atoms with Crippen molar-refractivity contribution in [2.75, 3.05) is 26.4 Å². The SMILES string of the molecule is CSN(C)C(C(=O)S)C1CCCN(S)C1. The molecule has 1 aliphatic heterocycles. The van der Waals surface area contributed by atoms with Crippen molar-refractivity contribution >= 4 is 42.5 Å². The first-order chi connectivity index (χ1) is 7.06. The lowest BCUT2D eigenvalue weighted by atomic mass is 9.92. The molecule has 0 amide bonds. The van der Waals surface area contributed by atoms with Crippen LogP contribution in [0.4, 0.5) is 0 Å². The first kappa shape index (κ1) is 13.7. The summed E-state index contributed by atoms with van der Waals surface area (Å²) in [6.45, 7) is 1.88. The van der Waals surface area contributed by atoms with Gasteiger partial charge < -0.3 is 0 Å². The van der Waals surface area contributed by atoms with Crippen LogP contribution in [-0.4, -0.2) is 46.2 Å². The largest absolute Gasteiger partial charge is 0.286 e. The van der Waals surface area contributed by atoms with E-state index in [1.54, 1.807) is 11.9 Å². The van der Waals surface area contributed by atoms with E-state index in [2.05, 4.69) is 25.4 Å². The van der Waals surface area contributed by atoms with Crippen molar-refractivity contribution < 1.29 is 4.79 Å². The van der Waals surface area contributed by atoms with Crippen molar-refractivity contribution in [3.8, 4) is 0 Å². The van der Waals surface area contributed by atoms with Gasteiger partial charge in [-0.1, -0.05) is 24.8 Å². The maximum absolute atomic E-state index is 11.5. The third kappa shape index (κ3) is 3.85. The van der Waals surface area contributed by atoms with Gasteiger partial charge in [0.1, 0.15) is 0 Å². The molecule has 3 nitrogen and oxygen atoms in total. The topological polar surface area (TPSA) is 23.6 Å². The number of likely N-dealkylation sites (N-methyl/N-ethyl adjacent to an activating group) is 1. The number of carbonyl (C=O) groups excluding carboxylic acids is 1. The van der Waals surface area contributed by atoms with Crippen molar-refractivity contribution in [2.45, 2.75) is 18.9 Å². The van der Waals surface area contributed by atoms with Crippen LogP contribution in [0.5, 0.6) is 0 Å². The lowest BCUT2D eigenvalue weighted by Gasteiger charge is -2.36. The van der Waals surface area contributed by atoms with E-state index in [4.69, 9.17) is 0 Å². The molecule has 1 aliphatic rings. The molecule has 0 radical (unpaired) electrons. The van der Waals surface area contributed by atoms with Gasteiger partial charge in [0.2, 0.25) is 5.12 Å². The molecule has 1 heterocycles. The Kier molecular flexibility index (Phi) is 5.84. The molecule has 1 fully saturated rings. The summed E-state index contributed by atoms with van der Waals surface area (Å²) in [6, 6.07) is -0.0988. The third-order valence-corrected chi connectivity index (χ3v) is 4.25. The second-order valence-electron chi connectivity index (χ2n) is 3.83. The molecule has 0 aromatic carbocycles. The Morgan fingerprint density at radius 3 is 2.80 bits per heavy atom. The van der Waals surface area contributed by atoms with Crippen LogP contribution in [0.15, 0.2) is 0 Å². The lowest BCUT2D eigenvalue weighted by Crippen LogP contribution is -2.45. The Bertz CT molecular complexity index is 227. The van der Waals surface area contributed by atoms with Crippen molar-refractivity contribution in [1.82, 2.24) is 8.61 Å². The molecule has 1 rings (SSSR count).